The molecule has 154 valence electrons. The molecule has 2 aromatic rings. The molecule has 0 atom stereocenters. The van der Waals surface area contributed by atoms with E-state index in [0.29, 0.717) is 44.0 Å². The summed E-state index contributed by atoms with van der Waals surface area (Å²) < 4.78 is 30.0. The molecule has 0 unspecified atom stereocenters. The summed E-state index contributed by atoms with van der Waals surface area (Å²) >= 11 is 0. The third-order valence-electron chi connectivity index (χ3n) is 4.84. The first kappa shape index (κ1) is 21.0. The lowest BCUT2D eigenvalue weighted by Gasteiger charge is -2.23. The van der Waals surface area contributed by atoms with E-state index in [0.717, 1.165) is 4.90 Å². The van der Waals surface area contributed by atoms with Crippen LogP contribution in [0.3, 0.4) is 0 Å². The molecule has 0 amide bonds. The van der Waals surface area contributed by atoms with Crippen LogP contribution in [0.15, 0.2) is 42.2 Å². The fraction of sp³-hybridized carbons (Fsp3) is 0.318. The van der Waals surface area contributed by atoms with Crippen molar-refractivity contribution in [3.05, 3.63) is 64.7 Å². The van der Waals surface area contributed by atoms with Crippen LogP contribution in [0, 0.1) is 5.82 Å². The number of methoxy groups -OCH3 is 2. The number of hydrogen-bond acceptors (Lipinski definition) is 5. The molecule has 3 rings (SSSR count). The Balaban J connectivity index is 1.90. The highest BCUT2D eigenvalue weighted by atomic mass is 19.1. The van der Waals surface area contributed by atoms with Gasteiger partial charge in [0.05, 0.1) is 18.8 Å². The zero-order valence-electron chi connectivity index (χ0n) is 16.5. The summed E-state index contributed by atoms with van der Waals surface area (Å²) in [5.74, 6) is -0.743. The molecule has 0 radical (unpaired) electrons. The maximum absolute atomic E-state index is 14.0. The molecule has 0 spiro atoms. The van der Waals surface area contributed by atoms with E-state index in [1.165, 1.54) is 24.3 Å². The average Bonchev–Trinajstić information content (AvgIpc) is 3.03. The molecule has 1 N–H and O–H groups in total. The summed E-state index contributed by atoms with van der Waals surface area (Å²) in [4.78, 5) is 13.8. The molecular weight excluding hydrogens is 377 g/mol. The molecule has 0 bridgehead atoms. The maximum atomic E-state index is 14.0. The Labute approximate surface area is 169 Å². The van der Waals surface area contributed by atoms with Gasteiger partial charge in [0.25, 0.3) is 0 Å². The number of carbonyl (C=O) groups excluding carboxylic acids is 1. The van der Waals surface area contributed by atoms with Crippen molar-refractivity contribution in [2.24, 2.45) is 0 Å². The lowest BCUT2D eigenvalue weighted by molar-refractivity contribution is -0.914. The van der Waals surface area contributed by atoms with Gasteiger partial charge in [-0.1, -0.05) is 30.0 Å². The summed E-state index contributed by atoms with van der Waals surface area (Å²) in [6.07, 6.45) is 1.37. The van der Waals surface area contributed by atoms with Crippen molar-refractivity contribution < 1.29 is 33.4 Å². The smallest absolute Gasteiger partial charge is 0.231 e. The van der Waals surface area contributed by atoms with Gasteiger partial charge in [0.2, 0.25) is 5.78 Å². The fourth-order valence-corrected chi connectivity index (χ4v) is 3.23. The highest BCUT2D eigenvalue weighted by molar-refractivity contribution is 6.14. The molecule has 1 aliphatic heterocycles. The van der Waals surface area contributed by atoms with Crippen molar-refractivity contribution in [2.75, 3.05) is 40.5 Å². The minimum absolute atomic E-state index is 0.00674. The summed E-state index contributed by atoms with van der Waals surface area (Å²) in [5.41, 5.74) is 0.995. The van der Waals surface area contributed by atoms with E-state index in [1.807, 2.05) is 0 Å². The van der Waals surface area contributed by atoms with Gasteiger partial charge < -0.3 is 24.2 Å². The predicted octanol–water partition coefficient (Wildman–Crippen LogP) is 1.19. The van der Waals surface area contributed by atoms with E-state index in [-0.39, 0.29) is 28.6 Å². The number of carbonyl (C=O) groups is 1. The van der Waals surface area contributed by atoms with Gasteiger partial charge in [0.1, 0.15) is 31.2 Å². The fourth-order valence-electron chi connectivity index (χ4n) is 3.23. The van der Waals surface area contributed by atoms with Gasteiger partial charge in [-0.25, -0.2) is 4.39 Å². The van der Waals surface area contributed by atoms with Crippen LogP contribution in [0.4, 0.5) is 4.39 Å². The van der Waals surface area contributed by atoms with E-state index >= 15 is 0 Å². The van der Waals surface area contributed by atoms with Gasteiger partial charge in [0, 0.05) is 25.3 Å². The Kier molecular flexibility index (Phi) is 6.98. The number of ketones is 1. The summed E-state index contributed by atoms with van der Waals surface area (Å²) in [6.45, 7) is 2.78. The van der Waals surface area contributed by atoms with Crippen molar-refractivity contribution in [1.29, 1.82) is 0 Å². The second-order valence-corrected chi connectivity index (χ2v) is 6.79. The third-order valence-corrected chi connectivity index (χ3v) is 4.84. The lowest BCUT2D eigenvalue weighted by Crippen LogP contribution is -3.11. The standard InChI is InChI=1S/C22H24FNO5/c1-27-11-9-24(10-12-28-2)14-17-19(25)8-7-16-21(26)20(29-22(16)17)13-15-5-3-4-6-18(15)23/h3-8,13,25H,9-12,14H2,1-2H3/b20-13-. The molecule has 1 heterocycles. The predicted molar refractivity (Wildman–Crippen MR) is 103 cm³/mol. The largest absolute Gasteiger partial charge is 0.872 e. The van der Waals surface area contributed by atoms with Crippen LogP contribution in [-0.4, -0.2) is 46.3 Å². The zero-order valence-corrected chi connectivity index (χ0v) is 16.5. The van der Waals surface area contributed by atoms with Gasteiger partial charge in [-0.15, -0.1) is 0 Å². The van der Waals surface area contributed by atoms with Crippen molar-refractivity contribution in [3.8, 4) is 11.5 Å². The second kappa shape index (κ2) is 9.65. The second-order valence-electron chi connectivity index (χ2n) is 6.79. The van der Waals surface area contributed by atoms with E-state index in [4.69, 9.17) is 14.2 Å². The monoisotopic (exact) mass is 401 g/mol. The Morgan fingerprint density at radius 2 is 1.79 bits per heavy atom. The molecule has 0 fully saturated rings. The number of halogens is 1. The van der Waals surface area contributed by atoms with Crippen LogP contribution >= 0.6 is 0 Å². The normalized spacial score (nSPS) is 14.5. The average molecular weight is 401 g/mol. The minimum Gasteiger partial charge on any atom is -0.872 e. The van der Waals surface area contributed by atoms with Crippen LogP contribution < -0.4 is 14.7 Å². The van der Waals surface area contributed by atoms with Crippen LogP contribution in [-0.2, 0) is 16.0 Å². The maximum Gasteiger partial charge on any atom is 0.231 e. The number of Topliss-reactive ketones (excluding diaryl/α,β-unsaturated/α-hetero) is 1. The van der Waals surface area contributed by atoms with Crippen LogP contribution in [0.2, 0.25) is 0 Å². The molecule has 0 aromatic heterocycles. The number of quaternary nitrogens is 1. The SMILES string of the molecule is COCC[NH+](CCOC)Cc1c([O-])ccc2c1O/C(=C\c1ccccc1F)C2=O. The first-order chi connectivity index (χ1) is 14.0. The van der Waals surface area contributed by atoms with Crippen molar-refractivity contribution in [1.82, 2.24) is 0 Å². The topological polar surface area (TPSA) is 72.3 Å². The number of ether oxygens (including phenoxy) is 3. The van der Waals surface area contributed by atoms with Crippen LogP contribution in [0.25, 0.3) is 6.08 Å². The molecule has 0 saturated carbocycles. The molecule has 2 aromatic carbocycles. The zero-order chi connectivity index (χ0) is 20.8. The first-order valence-electron chi connectivity index (χ1n) is 9.38. The number of nitrogens with one attached hydrogen (secondary N) is 1. The van der Waals surface area contributed by atoms with Gasteiger partial charge in [-0.2, -0.15) is 0 Å². The van der Waals surface area contributed by atoms with Crippen LogP contribution in [0.1, 0.15) is 21.5 Å². The quantitative estimate of drug-likeness (QED) is 0.640. The summed E-state index contributed by atoms with van der Waals surface area (Å²) in [5, 5.41) is 12.5. The lowest BCUT2D eigenvalue weighted by atomic mass is 10.0. The molecule has 6 nitrogen and oxygen atoms in total. The summed E-state index contributed by atoms with van der Waals surface area (Å²) in [7, 11) is 3.24. The number of hydrogen-bond donors (Lipinski definition) is 1. The third kappa shape index (κ3) is 4.82. The molecular formula is C22H24FNO5. The van der Waals surface area contributed by atoms with E-state index in [1.54, 1.807) is 32.4 Å². The molecule has 0 aliphatic carbocycles. The number of benzene rings is 2. The molecule has 1 aliphatic rings. The van der Waals surface area contributed by atoms with E-state index in [9.17, 15) is 14.3 Å². The number of fused-ring (bicyclic) bond motifs is 1. The van der Waals surface area contributed by atoms with Crippen LogP contribution in [0.5, 0.6) is 11.5 Å². The minimum atomic E-state index is -0.452. The van der Waals surface area contributed by atoms with E-state index < -0.39 is 5.82 Å². The first-order valence-corrected chi connectivity index (χ1v) is 9.38. The Morgan fingerprint density at radius 1 is 1.10 bits per heavy atom. The van der Waals surface area contributed by atoms with Crippen molar-refractivity contribution in [2.45, 2.75) is 6.54 Å². The summed E-state index contributed by atoms with van der Waals surface area (Å²) in [6, 6.07) is 8.97. The van der Waals surface area contributed by atoms with Crippen molar-refractivity contribution in [3.63, 3.8) is 0 Å². The Morgan fingerprint density at radius 3 is 2.45 bits per heavy atom. The highest BCUT2D eigenvalue weighted by Crippen LogP contribution is 2.38. The molecule has 0 saturated heterocycles. The molecule has 7 heteroatoms. The number of rotatable bonds is 9. The van der Waals surface area contributed by atoms with Gasteiger partial charge in [0.15, 0.2) is 5.76 Å². The van der Waals surface area contributed by atoms with Gasteiger partial charge in [-0.05, 0) is 18.2 Å². The Bertz CT molecular complexity index is 904. The van der Waals surface area contributed by atoms with E-state index in [2.05, 4.69) is 0 Å². The van der Waals surface area contributed by atoms with Gasteiger partial charge >= 0.3 is 0 Å². The van der Waals surface area contributed by atoms with Gasteiger partial charge in [-0.3, -0.25) is 4.79 Å². The number of allylic oxidation sites excluding steroid dienone is 1. The highest BCUT2D eigenvalue weighted by Gasteiger charge is 2.31. The Hall–Kier alpha value is -2.74. The van der Waals surface area contributed by atoms with Crippen molar-refractivity contribution >= 4 is 11.9 Å². The molecule has 29 heavy (non-hydrogen) atoms.